The van der Waals surface area contributed by atoms with Crippen LogP contribution in [0.4, 0.5) is 5.69 Å². The molecule has 0 radical (unpaired) electrons. The van der Waals surface area contributed by atoms with Crippen LogP contribution in [0.15, 0.2) is 41.3 Å². The molecule has 1 aromatic carbocycles. The second kappa shape index (κ2) is 5.88. The average molecular weight is 323 g/mol. The highest BCUT2D eigenvalue weighted by Crippen LogP contribution is 2.21. The summed E-state index contributed by atoms with van der Waals surface area (Å²) in [5, 5.41) is 3.13. The largest absolute Gasteiger partial charge is 0.369 e. The van der Waals surface area contributed by atoms with Gasteiger partial charge in [-0.25, -0.2) is 4.98 Å². The number of primary amides is 1. The Morgan fingerprint density at radius 1 is 1.47 bits per heavy atom. The fourth-order valence-electron chi connectivity index (χ4n) is 1.84. The Morgan fingerprint density at radius 3 is 2.74 bits per heavy atom. The lowest BCUT2D eigenvalue weighted by atomic mass is 10.2. The molecule has 0 saturated heterocycles. The highest BCUT2D eigenvalue weighted by Gasteiger charge is 2.21. The van der Waals surface area contributed by atoms with Crippen LogP contribution in [0.1, 0.15) is 18.7 Å². The number of nitrogens with one attached hydrogen (secondary N) is 1. The number of aromatic nitrogens is 2. The Bertz CT molecular complexity index is 564. The van der Waals surface area contributed by atoms with Crippen LogP contribution in [0.25, 0.3) is 0 Å². The average Bonchev–Trinajstić information content (AvgIpc) is 2.85. The Balaban J connectivity index is 2.26. The molecule has 0 aliphatic carbocycles. The minimum Gasteiger partial charge on any atom is -0.369 e. The van der Waals surface area contributed by atoms with Gasteiger partial charge >= 0.3 is 0 Å². The van der Waals surface area contributed by atoms with Gasteiger partial charge in [-0.05, 0) is 31.2 Å². The number of rotatable bonds is 5. The quantitative estimate of drug-likeness (QED) is 0.887. The number of imidazole rings is 1. The van der Waals surface area contributed by atoms with Crippen LogP contribution in [0, 0.1) is 0 Å². The number of amides is 1. The van der Waals surface area contributed by atoms with Crippen molar-refractivity contribution in [2.75, 3.05) is 5.32 Å². The van der Waals surface area contributed by atoms with Crippen molar-refractivity contribution in [2.24, 2.45) is 5.73 Å². The maximum Gasteiger partial charge on any atom is 0.246 e. The molecule has 3 N–H and O–H groups in total. The number of halogens is 1. The van der Waals surface area contributed by atoms with Gasteiger partial charge in [-0.15, -0.1) is 0 Å². The third-order valence-corrected chi connectivity index (χ3v) is 3.35. The van der Waals surface area contributed by atoms with E-state index in [1.54, 1.807) is 12.5 Å². The molecule has 2 rings (SSSR count). The van der Waals surface area contributed by atoms with Gasteiger partial charge in [0.05, 0.1) is 18.2 Å². The minimum atomic E-state index is -0.594. The maximum atomic E-state index is 11.6. The van der Waals surface area contributed by atoms with Gasteiger partial charge in [0.2, 0.25) is 5.91 Å². The molecule has 0 bridgehead atoms. The van der Waals surface area contributed by atoms with E-state index in [1.807, 2.05) is 35.8 Å². The van der Waals surface area contributed by atoms with Crippen LogP contribution in [0.2, 0.25) is 0 Å². The molecule has 5 nitrogen and oxygen atoms in total. The lowest BCUT2D eigenvalue weighted by Crippen LogP contribution is -2.29. The van der Waals surface area contributed by atoms with Gasteiger partial charge in [0, 0.05) is 16.7 Å². The van der Waals surface area contributed by atoms with Gasteiger partial charge in [-0.3, -0.25) is 4.79 Å². The zero-order valence-electron chi connectivity index (χ0n) is 10.5. The number of nitrogens with zero attached hydrogens (tertiary/aromatic N) is 2. The van der Waals surface area contributed by atoms with E-state index in [9.17, 15) is 4.79 Å². The van der Waals surface area contributed by atoms with E-state index in [4.69, 9.17) is 5.73 Å². The molecule has 0 spiro atoms. The van der Waals surface area contributed by atoms with Gasteiger partial charge in [-0.2, -0.15) is 0 Å². The first kappa shape index (κ1) is 13.6. The van der Waals surface area contributed by atoms with Crippen molar-refractivity contribution >= 4 is 27.5 Å². The van der Waals surface area contributed by atoms with Crippen molar-refractivity contribution in [2.45, 2.75) is 19.5 Å². The van der Waals surface area contributed by atoms with Crippen molar-refractivity contribution in [1.29, 1.82) is 0 Å². The number of nitrogens with two attached hydrogens (primary N) is 1. The van der Waals surface area contributed by atoms with E-state index in [-0.39, 0.29) is 0 Å². The van der Waals surface area contributed by atoms with E-state index in [0.717, 1.165) is 22.4 Å². The summed E-state index contributed by atoms with van der Waals surface area (Å²) >= 11 is 3.37. The van der Waals surface area contributed by atoms with Gasteiger partial charge in [0.25, 0.3) is 0 Å². The molecule has 1 amide bonds. The van der Waals surface area contributed by atoms with E-state index >= 15 is 0 Å². The smallest absolute Gasteiger partial charge is 0.246 e. The second-order valence-corrected chi connectivity index (χ2v) is 5.01. The lowest BCUT2D eigenvalue weighted by Gasteiger charge is -2.18. The number of carbonyl (C=O) groups is 1. The molecular formula is C13H15BrN4O. The molecule has 1 unspecified atom stereocenters. The summed E-state index contributed by atoms with van der Waals surface area (Å²) in [5.74, 6) is -0.432. The van der Waals surface area contributed by atoms with Gasteiger partial charge in [0.15, 0.2) is 0 Å². The third-order valence-electron chi connectivity index (χ3n) is 2.82. The summed E-state index contributed by atoms with van der Waals surface area (Å²) < 4.78 is 2.87. The molecular weight excluding hydrogens is 308 g/mol. The summed E-state index contributed by atoms with van der Waals surface area (Å²) in [4.78, 5) is 15.7. The summed E-state index contributed by atoms with van der Waals surface area (Å²) in [7, 11) is 0. The summed E-state index contributed by atoms with van der Waals surface area (Å²) in [6.07, 6.45) is 3.35. The first-order valence-electron chi connectivity index (χ1n) is 5.93. The van der Waals surface area contributed by atoms with Crippen LogP contribution >= 0.6 is 15.9 Å². The Labute approximate surface area is 120 Å². The van der Waals surface area contributed by atoms with Crippen LogP contribution in [-0.2, 0) is 11.3 Å². The topological polar surface area (TPSA) is 72.9 Å². The molecule has 1 heterocycles. The molecule has 0 aliphatic heterocycles. The molecule has 0 saturated carbocycles. The molecule has 0 aliphatic rings. The predicted molar refractivity (Wildman–Crippen MR) is 77.6 cm³/mol. The number of carbonyl (C=O) groups excluding carboxylic acids is 1. The summed E-state index contributed by atoms with van der Waals surface area (Å²) in [5.41, 5.74) is 7.07. The van der Waals surface area contributed by atoms with Crippen molar-refractivity contribution in [3.05, 3.63) is 47.0 Å². The standard InChI is InChI=1S/C13H15BrN4O/c1-2-18-8-16-7-11(18)12(13(15)19)17-10-5-3-9(14)4-6-10/h3-8,12,17H,2H2,1H3,(H2,15,19). The van der Waals surface area contributed by atoms with E-state index in [2.05, 4.69) is 26.2 Å². The number of hydrogen-bond acceptors (Lipinski definition) is 3. The number of aryl methyl sites for hydroxylation is 1. The molecule has 1 atom stereocenters. The normalized spacial score (nSPS) is 12.1. The molecule has 2 aromatic rings. The number of benzene rings is 1. The first-order valence-corrected chi connectivity index (χ1v) is 6.72. The summed E-state index contributed by atoms with van der Waals surface area (Å²) in [6.45, 7) is 2.73. The zero-order valence-corrected chi connectivity index (χ0v) is 12.1. The summed E-state index contributed by atoms with van der Waals surface area (Å²) in [6, 6.07) is 6.97. The molecule has 100 valence electrons. The van der Waals surface area contributed by atoms with E-state index in [0.29, 0.717) is 0 Å². The van der Waals surface area contributed by atoms with Crippen LogP contribution < -0.4 is 11.1 Å². The van der Waals surface area contributed by atoms with Crippen molar-refractivity contribution < 1.29 is 4.79 Å². The van der Waals surface area contributed by atoms with Gasteiger partial charge < -0.3 is 15.6 Å². The van der Waals surface area contributed by atoms with E-state index in [1.165, 1.54) is 0 Å². The van der Waals surface area contributed by atoms with Crippen molar-refractivity contribution in [1.82, 2.24) is 9.55 Å². The molecule has 6 heteroatoms. The van der Waals surface area contributed by atoms with Crippen LogP contribution in [-0.4, -0.2) is 15.5 Å². The highest BCUT2D eigenvalue weighted by atomic mass is 79.9. The first-order chi connectivity index (χ1) is 9.11. The maximum absolute atomic E-state index is 11.6. The number of hydrogen-bond donors (Lipinski definition) is 2. The van der Waals surface area contributed by atoms with Gasteiger partial charge in [-0.1, -0.05) is 15.9 Å². The van der Waals surface area contributed by atoms with Crippen LogP contribution in [0.3, 0.4) is 0 Å². The minimum absolute atomic E-state index is 0.432. The lowest BCUT2D eigenvalue weighted by molar-refractivity contribution is -0.119. The Hall–Kier alpha value is -1.82. The second-order valence-electron chi connectivity index (χ2n) is 4.09. The third kappa shape index (κ3) is 3.14. The Kier molecular flexibility index (Phi) is 4.21. The Morgan fingerprint density at radius 2 is 2.16 bits per heavy atom. The SMILES string of the molecule is CCn1cncc1C(Nc1ccc(Br)cc1)C(N)=O. The molecule has 19 heavy (non-hydrogen) atoms. The fourth-order valence-corrected chi connectivity index (χ4v) is 2.10. The van der Waals surface area contributed by atoms with E-state index < -0.39 is 11.9 Å². The van der Waals surface area contributed by atoms with Crippen molar-refractivity contribution in [3.8, 4) is 0 Å². The van der Waals surface area contributed by atoms with Crippen LogP contribution in [0.5, 0.6) is 0 Å². The molecule has 0 fully saturated rings. The predicted octanol–water partition coefficient (Wildman–Crippen LogP) is 2.30. The monoisotopic (exact) mass is 322 g/mol. The molecule has 1 aromatic heterocycles. The number of anilines is 1. The van der Waals surface area contributed by atoms with Gasteiger partial charge in [0.1, 0.15) is 6.04 Å². The highest BCUT2D eigenvalue weighted by molar-refractivity contribution is 9.10. The zero-order chi connectivity index (χ0) is 13.8. The van der Waals surface area contributed by atoms with Crippen molar-refractivity contribution in [3.63, 3.8) is 0 Å². The fraction of sp³-hybridized carbons (Fsp3) is 0.231.